The van der Waals surface area contributed by atoms with Crippen molar-refractivity contribution in [2.75, 3.05) is 11.5 Å². The SMILES string of the molecule is Cc1ccc(S(=O)(=O)Oc2ccc(C3SCCS3)cc2)c(Br)c1. The Kier molecular flexibility index (Phi) is 5.30. The summed E-state index contributed by atoms with van der Waals surface area (Å²) < 4.78 is 31.0. The molecule has 1 fully saturated rings. The maximum Gasteiger partial charge on any atom is 0.340 e. The van der Waals surface area contributed by atoms with E-state index in [1.54, 1.807) is 30.3 Å². The van der Waals surface area contributed by atoms with Gasteiger partial charge in [-0.05, 0) is 58.2 Å². The lowest BCUT2D eigenvalue weighted by Crippen LogP contribution is -2.10. The van der Waals surface area contributed by atoms with Crippen LogP contribution in [-0.4, -0.2) is 19.9 Å². The lowest BCUT2D eigenvalue weighted by atomic mass is 10.2. The van der Waals surface area contributed by atoms with Gasteiger partial charge in [-0.2, -0.15) is 8.42 Å². The quantitative estimate of drug-likeness (QED) is 0.638. The predicted octanol–water partition coefficient (Wildman–Crippen LogP) is 5.00. The molecule has 3 nitrogen and oxygen atoms in total. The summed E-state index contributed by atoms with van der Waals surface area (Å²) in [6.07, 6.45) is 0. The highest BCUT2D eigenvalue weighted by atomic mass is 79.9. The monoisotopic (exact) mass is 430 g/mol. The molecule has 1 saturated heterocycles. The molecule has 1 aliphatic heterocycles. The van der Waals surface area contributed by atoms with Gasteiger partial charge in [-0.15, -0.1) is 23.5 Å². The van der Waals surface area contributed by atoms with Gasteiger partial charge in [0.2, 0.25) is 0 Å². The van der Waals surface area contributed by atoms with Crippen LogP contribution in [0.5, 0.6) is 5.75 Å². The summed E-state index contributed by atoms with van der Waals surface area (Å²) in [5, 5.41) is 0. The normalized spacial score (nSPS) is 15.7. The maximum absolute atomic E-state index is 12.4. The number of hydrogen-bond donors (Lipinski definition) is 0. The molecule has 0 radical (unpaired) electrons. The molecule has 0 bridgehead atoms. The molecule has 122 valence electrons. The predicted molar refractivity (Wildman–Crippen MR) is 101 cm³/mol. The van der Waals surface area contributed by atoms with Crippen molar-refractivity contribution in [1.29, 1.82) is 0 Å². The Labute approximate surface area is 153 Å². The van der Waals surface area contributed by atoms with Crippen LogP contribution in [0.25, 0.3) is 0 Å². The van der Waals surface area contributed by atoms with Gasteiger partial charge in [-0.3, -0.25) is 0 Å². The van der Waals surface area contributed by atoms with Crippen LogP contribution in [0.1, 0.15) is 15.7 Å². The molecule has 0 N–H and O–H groups in total. The molecule has 0 amide bonds. The van der Waals surface area contributed by atoms with E-state index in [1.165, 1.54) is 5.56 Å². The minimum Gasteiger partial charge on any atom is -0.379 e. The number of halogens is 1. The van der Waals surface area contributed by atoms with E-state index in [2.05, 4.69) is 15.9 Å². The molecule has 0 aromatic heterocycles. The van der Waals surface area contributed by atoms with E-state index in [0.29, 0.717) is 14.8 Å². The molecule has 7 heteroatoms. The zero-order valence-electron chi connectivity index (χ0n) is 12.4. The molecule has 23 heavy (non-hydrogen) atoms. The second kappa shape index (κ2) is 7.09. The highest BCUT2D eigenvalue weighted by molar-refractivity contribution is 9.10. The number of hydrogen-bond acceptors (Lipinski definition) is 5. The summed E-state index contributed by atoms with van der Waals surface area (Å²) in [4.78, 5) is 0.133. The van der Waals surface area contributed by atoms with Crippen molar-refractivity contribution >= 4 is 49.6 Å². The van der Waals surface area contributed by atoms with Crippen molar-refractivity contribution in [3.8, 4) is 5.75 Å². The minimum atomic E-state index is -3.85. The van der Waals surface area contributed by atoms with Crippen LogP contribution in [-0.2, 0) is 10.1 Å². The Morgan fingerprint density at radius 3 is 2.35 bits per heavy atom. The first-order valence-corrected chi connectivity index (χ1v) is 11.3. The Hall–Kier alpha value is -0.630. The van der Waals surface area contributed by atoms with Gasteiger partial charge >= 0.3 is 10.1 Å². The summed E-state index contributed by atoms with van der Waals surface area (Å²) in [6, 6.07) is 12.4. The molecule has 0 saturated carbocycles. The third-order valence-electron chi connectivity index (χ3n) is 3.34. The largest absolute Gasteiger partial charge is 0.379 e. The Morgan fingerprint density at radius 2 is 1.74 bits per heavy atom. The van der Waals surface area contributed by atoms with Crippen molar-refractivity contribution < 1.29 is 12.6 Å². The summed E-state index contributed by atoms with van der Waals surface area (Å²) >= 11 is 7.11. The molecule has 0 spiro atoms. The Balaban J connectivity index is 1.80. The summed E-state index contributed by atoms with van der Waals surface area (Å²) in [6.45, 7) is 1.90. The molecule has 0 unspecified atom stereocenters. The van der Waals surface area contributed by atoms with Crippen LogP contribution in [0, 0.1) is 6.92 Å². The second-order valence-corrected chi connectivity index (χ2v) is 10.2. The van der Waals surface area contributed by atoms with Gasteiger partial charge in [0, 0.05) is 16.0 Å². The molecular weight excluding hydrogens is 416 g/mol. The number of benzene rings is 2. The van der Waals surface area contributed by atoms with Crippen molar-refractivity contribution in [3.63, 3.8) is 0 Å². The van der Waals surface area contributed by atoms with Crippen molar-refractivity contribution in [1.82, 2.24) is 0 Å². The van der Waals surface area contributed by atoms with Crippen LogP contribution in [0.4, 0.5) is 0 Å². The van der Waals surface area contributed by atoms with Gasteiger partial charge in [0.25, 0.3) is 0 Å². The Bertz CT molecular complexity index is 798. The molecule has 3 rings (SSSR count). The first-order valence-electron chi connectivity index (χ1n) is 6.99. The Morgan fingerprint density at radius 1 is 1.09 bits per heavy atom. The van der Waals surface area contributed by atoms with Gasteiger partial charge in [0.15, 0.2) is 0 Å². The fourth-order valence-electron chi connectivity index (χ4n) is 2.21. The number of thioether (sulfide) groups is 2. The van der Waals surface area contributed by atoms with Crippen LogP contribution in [0.15, 0.2) is 51.8 Å². The third-order valence-corrected chi connectivity index (χ3v) is 8.67. The molecule has 1 aliphatic rings. The van der Waals surface area contributed by atoms with Crippen LogP contribution >= 0.6 is 39.5 Å². The number of rotatable bonds is 4. The lowest BCUT2D eigenvalue weighted by Gasteiger charge is -2.11. The van der Waals surface area contributed by atoms with E-state index in [-0.39, 0.29) is 4.90 Å². The molecule has 2 aromatic rings. The summed E-state index contributed by atoms with van der Waals surface area (Å²) in [5.74, 6) is 2.64. The minimum absolute atomic E-state index is 0.133. The molecular formula is C16H15BrO3S3. The fraction of sp³-hybridized carbons (Fsp3) is 0.250. The van der Waals surface area contributed by atoms with E-state index in [0.717, 1.165) is 17.1 Å². The zero-order valence-corrected chi connectivity index (χ0v) is 16.4. The molecule has 1 heterocycles. The van der Waals surface area contributed by atoms with E-state index < -0.39 is 10.1 Å². The van der Waals surface area contributed by atoms with Crippen molar-refractivity contribution in [3.05, 3.63) is 58.1 Å². The van der Waals surface area contributed by atoms with Gasteiger partial charge in [-0.25, -0.2) is 0 Å². The average Bonchev–Trinajstić information content (AvgIpc) is 3.01. The lowest BCUT2D eigenvalue weighted by molar-refractivity contribution is 0.485. The van der Waals surface area contributed by atoms with Crippen molar-refractivity contribution in [2.45, 2.75) is 16.4 Å². The number of aryl methyl sites for hydroxylation is 1. The van der Waals surface area contributed by atoms with Crippen LogP contribution < -0.4 is 4.18 Å². The van der Waals surface area contributed by atoms with Crippen LogP contribution in [0.3, 0.4) is 0 Å². The fourth-order valence-corrected chi connectivity index (χ4v) is 7.15. The highest BCUT2D eigenvalue weighted by Gasteiger charge is 2.21. The van der Waals surface area contributed by atoms with Gasteiger partial charge in [-0.1, -0.05) is 18.2 Å². The zero-order chi connectivity index (χ0) is 16.4. The average molecular weight is 431 g/mol. The highest BCUT2D eigenvalue weighted by Crippen LogP contribution is 2.45. The smallest absolute Gasteiger partial charge is 0.340 e. The van der Waals surface area contributed by atoms with Crippen molar-refractivity contribution in [2.24, 2.45) is 0 Å². The van der Waals surface area contributed by atoms with Crippen LogP contribution in [0.2, 0.25) is 0 Å². The molecule has 0 atom stereocenters. The van der Waals surface area contributed by atoms with Gasteiger partial charge < -0.3 is 4.18 Å². The first kappa shape index (κ1) is 17.2. The summed E-state index contributed by atoms with van der Waals surface area (Å²) in [7, 11) is -3.85. The van der Waals surface area contributed by atoms with E-state index in [9.17, 15) is 8.42 Å². The third kappa shape index (κ3) is 4.07. The van der Waals surface area contributed by atoms with E-state index >= 15 is 0 Å². The first-order chi connectivity index (χ1) is 11.0. The topological polar surface area (TPSA) is 43.4 Å². The van der Waals surface area contributed by atoms with Gasteiger partial charge in [0.05, 0.1) is 4.58 Å². The van der Waals surface area contributed by atoms with Gasteiger partial charge in [0.1, 0.15) is 10.6 Å². The van der Waals surface area contributed by atoms with E-state index in [4.69, 9.17) is 4.18 Å². The second-order valence-electron chi connectivity index (χ2n) is 5.11. The summed E-state index contributed by atoms with van der Waals surface area (Å²) in [5.41, 5.74) is 2.17. The molecule has 2 aromatic carbocycles. The standard InChI is InChI=1S/C16H15BrO3S3/c1-11-2-7-15(14(17)10-11)23(18,19)20-13-5-3-12(4-6-13)16-21-8-9-22-16/h2-7,10,16H,8-9H2,1H3. The van der Waals surface area contributed by atoms with E-state index in [1.807, 2.05) is 42.6 Å². The molecule has 0 aliphatic carbocycles. The maximum atomic E-state index is 12.4.